The number of benzene rings is 1. The van der Waals surface area contributed by atoms with Gasteiger partial charge in [0.1, 0.15) is 0 Å². The number of carbonyl (C=O) groups is 1. The summed E-state index contributed by atoms with van der Waals surface area (Å²) in [6.45, 7) is 2.61. The molecule has 2 N–H and O–H groups in total. The number of anilines is 1. The predicted molar refractivity (Wildman–Crippen MR) is 71.9 cm³/mol. The number of aromatic carboxylic acids is 1. The van der Waals surface area contributed by atoms with Crippen LogP contribution in [0.3, 0.4) is 0 Å². The van der Waals surface area contributed by atoms with Crippen LogP contribution in [-0.2, 0) is 0 Å². The molecule has 1 saturated heterocycles. The van der Waals surface area contributed by atoms with E-state index in [1.165, 1.54) is 6.07 Å². The summed E-state index contributed by atoms with van der Waals surface area (Å²) < 4.78 is 27.2. The lowest BCUT2D eigenvalue weighted by Gasteiger charge is -2.23. The number of rotatable bonds is 4. The minimum absolute atomic E-state index is 0.0104. The Morgan fingerprint density at radius 1 is 1.47 bits per heavy atom. The highest BCUT2D eigenvalue weighted by Crippen LogP contribution is 2.38. The third-order valence-corrected chi connectivity index (χ3v) is 4.80. The highest BCUT2D eigenvalue weighted by Gasteiger charge is 2.29. The Hall–Kier alpha value is -1.30. The van der Waals surface area contributed by atoms with E-state index in [0.29, 0.717) is 6.54 Å². The molecule has 0 saturated carbocycles. The highest BCUT2D eigenvalue weighted by molar-refractivity contribution is 8.00. The van der Waals surface area contributed by atoms with Crippen molar-refractivity contribution in [3.63, 3.8) is 0 Å². The van der Waals surface area contributed by atoms with Crippen molar-refractivity contribution in [2.75, 3.05) is 17.6 Å². The molecule has 0 aromatic heterocycles. The zero-order chi connectivity index (χ0) is 14.0. The molecule has 1 unspecified atom stereocenters. The first-order chi connectivity index (χ1) is 8.93. The van der Waals surface area contributed by atoms with Crippen molar-refractivity contribution in [3.8, 4) is 0 Å². The SMILES string of the molecule is CC1(CNc2ccc(C(=O)O)c(F)c2F)CCCS1. The van der Waals surface area contributed by atoms with Gasteiger partial charge in [-0.1, -0.05) is 0 Å². The van der Waals surface area contributed by atoms with Crippen LogP contribution in [0.5, 0.6) is 0 Å². The molecule has 1 aromatic carbocycles. The van der Waals surface area contributed by atoms with Crippen LogP contribution in [0.4, 0.5) is 14.5 Å². The molecule has 3 nitrogen and oxygen atoms in total. The van der Waals surface area contributed by atoms with Gasteiger partial charge in [0.2, 0.25) is 0 Å². The molecule has 0 spiro atoms. The summed E-state index contributed by atoms with van der Waals surface area (Å²) in [7, 11) is 0. The lowest BCUT2D eigenvalue weighted by atomic mass is 10.1. The van der Waals surface area contributed by atoms with Crippen LogP contribution in [0, 0.1) is 11.6 Å². The zero-order valence-electron chi connectivity index (χ0n) is 10.5. The lowest BCUT2D eigenvalue weighted by Crippen LogP contribution is -2.27. The minimum atomic E-state index is -1.47. The molecular formula is C13H15F2NO2S. The van der Waals surface area contributed by atoms with Crippen LogP contribution in [-0.4, -0.2) is 28.1 Å². The first kappa shape index (κ1) is 14.1. The second-order valence-electron chi connectivity index (χ2n) is 4.85. The van der Waals surface area contributed by atoms with Gasteiger partial charge in [0.15, 0.2) is 11.6 Å². The number of halogens is 2. The molecule has 19 heavy (non-hydrogen) atoms. The molecule has 6 heteroatoms. The van der Waals surface area contributed by atoms with Crippen LogP contribution < -0.4 is 5.32 Å². The van der Waals surface area contributed by atoms with Gasteiger partial charge in [-0.15, -0.1) is 0 Å². The molecule has 2 rings (SSSR count). The maximum absolute atomic E-state index is 13.7. The number of nitrogens with one attached hydrogen (secondary N) is 1. The van der Waals surface area contributed by atoms with Crippen molar-refractivity contribution in [1.82, 2.24) is 0 Å². The van der Waals surface area contributed by atoms with Gasteiger partial charge in [0.05, 0.1) is 11.3 Å². The maximum Gasteiger partial charge on any atom is 0.338 e. The Kier molecular flexibility index (Phi) is 3.99. The van der Waals surface area contributed by atoms with Gasteiger partial charge in [-0.3, -0.25) is 0 Å². The highest BCUT2D eigenvalue weighted by atomic mass is 32.2. The fourth-order valence-electron chi connectivity index (χ4n) is 2.11. The quantitative estimate of drug-likeness (QED) is 0.891. The standard InChI is InChI=1S/C13H15F2NO2S/c1-13(5-2-6-19-13)7-16-9-4-3-8(12(17)18)10(14)11(9)15/h3-4,16H,2,5-7H2,1H3,(H,17,18). The summed E-state index contributed by atoms with van der Waals surface area (Å²) in [4.78, 5) is 10.7. The van der Waals surface area contributed by atoms with E-state index in [1.807, 2.05) is 11.8 Å². The Balaban J connectivity index is 2.13. The topological polar surface area (TPSA) is 49.3 Å². The molecule has 0 amide bonds. The molecule has 1 atom stereocenters. The number of carboxylic acids is 1. The third kappa shape index (κ3) is 3.00. The largest absolute Gasteiger partial charge is 0.478 e. The number of hydrogen-bond acceptors (Lipinski definition) is 3. The van der Waals surface area contributed by atoms with Gasteiger partial charge >= 0.3 is 5.97 Å². The monoisotopic (exact) mass is 287 g/mol. The van der Waals surface area contributed by atoms with Crippen LogP contribution in [0.2, 0.25) is 0 Å². The van der Waals surface area contributed by atoms with E-state index >= 15 is 0 Å². The normalized spacial score (nSPS) is 22.5. The van der Waals surface area contributed by atoms with Gasteiger partial charge < -0.3 is 10.4 Å². The van der Waals surface area contributed by atoms with Crippen molar-refractivity contribution < 1.29 is 18.7 Å². The molecule has 1 aliphatic heterocycles. The summed E-state index contributed by atoms with van der Waals surface area (Å²) in [5, 5.41) is 11.6. The van der Waals surface area contributed by atoms with E-state index in [9.17, 15) is 13.6 Å². The van der Waals surface area contributed by atoms with E-state index in [1.54, 1.807) is 0 Å². The fraction of sp³-hybridized carbons (Fsp3) is 0.462. The molecule has 0 radical (unpaired) electrons. The predicted octanol–water partition coefficient (Wildman–Crippen LogP) is 3.36. The van der Waals surface area contributed by atoms with Crippen molar-refractivity contribution >= 4 is 23.4 Å². The van der Waals surface area contributed by atoms with Gasteiger partial charge in [0, 0.05) is 11.3 Å². The van der Waals surface area contributed by atoms with E-state index in [4.69, 9.17) is 5.11 Å². The van der Waals surface area contributed by atoms with Crippen molar-refractivity contribution in [3.05, 3.63) is 29.3 Å². The van der Waals surface area contributed by atoms with Crippen LogP contribution >= 0.6 is 11.8 Å². The average Bonchev–Trinajstić information content (AvgIpc) is 2.78. The van der Waals surface area contributed by atoms with Crippen LogP contribution in [0.15, 0.2) is 12.1 Å². The van der Waals surface area contributed by atoms with Gasteiger partial charge in [0.25, 0.3) is 0 Å². The van der Waals surface area contributed by atoms with Gasteiger partial charge in [-0.25, -0.2) is 13.6 Å². The van der Waals surface area contributed by atoms with Gasteiger partial charge in [-0.05, 0) is 37.7 Å². The average molecular weight is 287 g/mol. The fourth-order valence-corrected chi connectivity index (χ4v) is 3.35. The van der Waals surface area contributed by atoms with Crippen LogP contribution in [0.1, 0.15) is 30.1 Å². The maximum atomic E-state index is 13.7. The molecular weight excluding hydrogens is 272 g/mol. The molecule has 1 aromatic rings. The van der Waals surface area contributed by atoms with Crippen molar-refractivity contribution in [2.45, 2.75) is 24.5 Å². The molecule has 0 aliphatic carbocycles. The van der Waals surface area contributed by atoms with Crippen molar-refractivity contribution in [1.29, 1.82) is 0 Å². The van der Waals surface area contributed by atoms with Crippen LogP contribution in [0.25, 0.3) is 0 Å². The van der Waals surface area contributed by atoms with Gasteiger partial charge in [-0.2, -0.15) is 11.8 Å². The molecule has 1 aliphatic rings. The first-order valence-corrected chi connectivity index (χ1v) is 7.01. The first-order valence-electron chi connectivity index (χ1n) is 6.02. The Morgan fingerprint density at radius 2 is 2.21 bits per heavy atom. The molecule has 1 fully saturated rings. The Labute approximate surface area is 114 Å². The van der Waals surface area contributed by atoms with E-state index in [-0.39, 0.29) is 10.4 Å². The lowest BCUT2D eigenvalue weighted by molar-refractivity contribution is 0.0690. The van der Waals surface area contributed by atoms with Crippen molar-refractivity contribution in [2.24, 2.45) is 0 Å². The second-order valence-corrected chi connectivity index (χ2v) is 6.53. The summed E-state index contributed by atoms with van der Waals surface area (Å²) in [6.07, 6.45) is 2.15. The number of thioether (sulfide) groups is 1. The number of hydrogen-bond donors (Lipinski definition) is 2. The Bertz CT molecular complexity index is 502. The number of carboxylic acid groups (broad SMARTS) is 1. The van der Waals surface area contributed by atoms with E-state index < -0.39 is 23.2 Å². The summed E-state index contributed by atoms with van der Waals surface area (Å²) in [5.74, 6) is -2.85. The van der Waals surface area contributed by atoms with E-state index in [2.05, 4.69) is 12.2 Å². The Morgan fingerprint density at radius 3 is 2.79 bits per heavy atom. The van der Waals surface area contributed by atoms with E-state index in [0.717, 1.165) is 24.7 Å². The summed E-state index contributed by atoms with van der Waals surface area (Å²) in [5.41, 5.74) is -0.638. The summed E-state index contributed by atoms with van der Waals surface area (Å²) >= 11 is 1.81. The molecule has 1 heterocycles. The minimum Gasteiger partial charge on any atom is -0.478 e. The zero-order valence-corrected chi connectivity index (χ0v) is 11.3. The smallest absolute Gasteiger partial charge is 0.338 e. The summed E-state index contributed by atoms with van der Waals surface area (Å²) in [6, 6.07) is 2.35. The third-order valence-electron chi connectivity index (χ3n) is 3.27. The molecule has 104 valence electrons. The second kappa shape index (κ2) is 5.36. The molecule has 0 bridgehead atoms.